The normalized spacial score (nSPS) is 10.6. The molecule has 0 heterocycles. The molecule has 0 aromatic heterocycles. The highest BCUT2D eigenvalue weighted by atomic mass is 16.4. The number of carbonyl (C=O) groups is 3. The Kier molecular flexibility index (Phi) is 9.10. The van der Waals surface area contributed by atoms with E-state index >= 15 is 0 Å². The summed E-state index contributed by atoms with van der Waals surface area (Å²) in [6.07, 6.45) is 0.636. The lowest BCUT2D eigenvalue weighted by atomic mass is 10.4. The maximum Gasteiger partial charge on any atom is 0.317 e. The smallest absolute Gasteiger partial charge is 0.317 e. The minimum Gasteiger partial charge on any atom is -0.480 e. The Labute approximate surface area is 110 Å². The summed E-state index contributed by atoms with van der Waals surface area (Å²) >= 11 is 0. The van der Waals surface area contributed by atoms with Gasteiger partial charge in [-0.05, 0) is 0 Å². The zero-order valence-corrected chi connectivity index (χ0v) is 10.5. The molecule has 0 aliphatic rings. The number of aldehydes is 1. The van der Waals surface area contributed by atoms with E-state index in [-0.39, 0.29) is 32.7 Å². The van der Waals surface area contributed by atoms with E-state index < -0.39 is 11.9 Å². The van der Waals surface area contributed by atoms with E-state index in [2.05, 4.69) is 5.18 Å². The number of carboxylic acid groups (broad SMARTS) is 1. The molecule has 9 nitrogen and oxygen atoms in total. The van der Waals surface area contributed by atoms with E-state index in [9.17, 15) is 19.3 Å². The molecule has 0 aromatic rings. The summed E-state index contributed by atoms with van der Waals surface area (Å²) in [4.78, 5) is 44.9. The van der Waals surface area contributed by atoms with Crippen LogP contribution < -0.4 is 5.73 Å². The van der Waals surface area contributed by atoms with Crippen LogP contribution in [0.5, 0.6) is 0 Å². The zero-order chi connectivity index (χ0) is 14.7. The molecule has 0 aliphatic heterocycles. The fourth-order valence-corrected chi connectivity index (χ4v) is 1.49. The second-order valence-corrected chi connectivity index (χ2v) is 3.89. The Morgan fingerprint density at radius 1 is 1.16 bits per heavy atom. The Balaban J connectivity index is 4.29. The van der Waals surface area contributed by atoms with Crippen LogP contribution in [0.25, 0.3) is 0 Å². The lowest BCUT2D eigenvalue weighted by molar-refractivity contribution is -0.138. The minimum atomic E-state index is -1.03. The van der Waals surface area contributed by atoms with E-state index in [1.165, 1.54) is 9.80 Å². The van der Waals surface area contributed by atoms with Crippen molar-refractivity contribution >= 4 is 18.2 Å². The van der Waals surface area contributed by atoms with Crippen molar-refractivity contribution in [3.63, 3.8) is 0 Å². The van der Waals surface area contributed by atoms with E-state index in [1.54, 1.807) is 0 Å². The molecule has 108 valence electrons. The van der Waals surface area contributed by atoms with Crippen LogP contribution in [-0.2, 0) is 14.4 Å². The monoisotopic (exact) mass is 274 g/mol. The highest BCUT2D eigenvalue weighted by Crippen LogP contribution is 1.93. The third-order valence-corrected chi connectivity index (χ3v) is 2.31. The third kappa shape index (κ3) is 9.80. The highest BCUT2D eigenvalue weighted by molar-refractivity contribution is 5.76. The fourth-order valence-electron chi connectivity index (χ4n) is 1.49. The molecule has 0 spiro atoms. The number of hydrogen-bond acceptors (Lipinski definition) is 7. The van der Waals surface area contributed by atoms with Crippen LogP contribution in [0.15, 0.2) is 5.18 Å². The predicted octanol–water partition coefficient (Wildman–Crippen LogP) is -1.87. The summed E-state index contributed by atoms with van der Waals surface area (Å²) in [6, 6.07) is 0. The van der Waals surface area contributed by atoms with E-state index in [4.69, 9.17) is 10.8 Å². The summed E-state index contributed by atoms with van der Waals surface area (Å²) in [7, 11) is 0. The molecule has 0 aromatic carbocycles. The van der Waals surface area contributed by atoms with Crippen molar-refractivity contribution in [2.75, 3.05) is 45.8 Å². The minimum absolute atomic E-state index is 0.0171. The Bertz CT molecular complexity index is 323. The SMILES string of the molecule is NC(=O)CN(CC=O)CCN(CCN=O)CC(=O)O. The first-order valence-corrected chi connectivity index (χ1v) is 5.67. The highest BCUT2D eigenvalue weighted by Gasteiger charge is 2.13. The van der Waals surface area contributed by atoms with Crippen molar-refractivity contribution < 1.29 is 19.5 Å². The van der Waals surface area contributed by atoms with Crippen LogP contribution in [0.1, 0.15) is 0 Å². The quantitative estimate of drug-likeness (QED) is 0.314. The summed E-state index contributed by atoms with van der Waals surface area (Å²) in [5.41, 5.74) is 5.03. The number of nitrogens with zero attached hydrogens (tertiary/aromatic N) is 3. The third-order valence-electron chi connectivity index (χ3n) is 2.31. The molecule has 19 heavy (non-hydrogen) atoms. The van der Waals surface area contributed by atoms with Crippen LogP contribution in [0, 0.1) is 4.91 Å². The molecule has 0 radical (unpaired) electrons. The number of hydrogen-bond donors (Lipinski definition) is 2. The predicted molar refractivity (Wildman–Crippen MR) is 66.4 cm³/mol. The second kappa shape index (κ2) is 10.1. The van der Waals surface area contributed by atoms with Crippen LogP contribution in [0.3, 0.4) is 0 Å². The molecule has 0 rings (SSSR count). The van der Waals surface area contributed by atoms with Gasteiger partial charge in [0.1, 0.15) is 6.29 Å². The second-order valence-electron chi connectivity index (χ2n) is 3.89. The topological polar surface area (TPSA) is 133 Å². The number of nitrogens with two attached hydrogens (primary N) is 1. The van der Waals surface area contributed by atoms with Crippen molar-refractivity contribution in [2.45, 2.75) is 0 Å². The Morgan fingerprint density at radius 2 is 1.79 bits per heavy atom. The molecule has 0 bridgehead atoms. The molecule has 0 unspecified atom stereocenters. The number of carboxylic acids is 1. The summed E-state index contributed by atoms with van der Waals surface area (Å²) in [5.74, 6) is -1.59. The van der Waals surface area contributed by atoms with Crippen LogP contribution in [0.2, 0.25) is 0 Å². The number of nitroso groups, excluding NO2 is 1. The van der Waals surface area contributed by atoms with Crippen molar-refractivity contribution in [3.05, 3.63) is 4.91 Å². The molecule has 0 saturated carbocycles. The van der Waals surface area contributed by atoms with Gasteiger partial charge in [0, 0.05) is 19.6 Å². The standard InChI is InChI=1S/C10H18N4O5/c11-9(16)7-14(5-6-15)4-3-13(2-1-12-19)8-10(17)18/h6H,1-5,7-8H2,(H2,11,16)(H,17,18). The molecule has 0 atom stereocenters. The van der Waals surface area contributed by atoms with Gasteiger partial charge in [0.2, 0.25) is 5.91 Å². The van der Waals surface area contributed by atoms with Crippen LogP contribution >= 0.6 is 0 Å². The Morgan fingerprint density at radius 3 is 2.26 bits per heavy atom. The molecular formula is C10H18N4O5. The molecule has 1 amide bonds. The van der Waals surface area contributed by atoms with Gasteiger partial charge in [-0.3, -0.25) is 19.4 Å². The molecule has 0 saturated heterocycles. The average molecular weight is 274 g/mol. The lowest BCUT2D eigenvalue weighted by Gasteiger charge is -2.23. The summed E-state index contributed by atoms with van der Waals surface area (Å²) < 4.78 is 0. The number of aliphatic carboxylic acids is 1. The van der Waals surface area contributed by atoms with Crippen molar-refractivity contribution in [1.82, 2.24) is 9.80 Å². The molecule has 0 aliphatic carbocycles. The van der Waals surface area contributed by atoms with Gasteiger partial charge in [-0.2, -0.15) is 4.91 Å². The van der Waals surface area contributed by atoms with Crippen molar-refractivity contribution in [1.29, 1.82) is 0 Å². The Hall–Kier alpha value is -1.87. The van der Waals surface area contributed by atoms with Gasteiger partial charge < -0.3 is 15.6 Å². The van der Waals surface area contributed by atoms with Gasteiger partial charge in [-0.15, -0.1) is 0 Å². The van der Waals surface area contributed by atoms with Gasteiger partial charge in [0.25, 0.3) is 0 Å². The number of amides is 1. The van der Waals surface area contributed by atoms with Crippen molar-refractivity contribution in [3.8, 4) is 0 Å². The molecule has 3 N–H and O–H groups in total. The largest absolute Gasteiger partial charge is 0.480 e. The fraction of sp³-hybridized carbons (Fsp3) is 0.700. The van der Waals surface area contributed by atoms with Crippen molar-refractivity contribution in [2.24, 2.45) is 10.9 Å². The van der Waals surface area contributed by atoms with Gasteiger partial charge in [-0.1, -0.05) is 5.18 Å². The van der Waals surface area contributed by atoms with Gasteiger partial charge >= 0.3 is 5.97 Å². The number of carbonyl (C=O) groups excluding carboxylic acids is 2. The van der Waals surface area contributed by atoms with Crippen LogP contribution in [-0.4, -0.2) is 78.9 Å². The average Bonchev–Trinajstić information content (AvgIpc) is 2.31. The molecule has 9 heteroatoms. The van der Waals surface area contributed by atoms with Gasteiger partial charge in [-0.25, -0.2) is 0 Å². The summed E-state index contributed by atoms with van der Waals surface area (Å²) in [6.45, 7) is 0.511. The van der Waals surface area contributed by atoms with E-state index in [0.29, 0.717) is 19.4 Å². The first-order valence-electron chi connectivity index (χ1n) is 5.67. The maximum absolute atomic E-state index is 10.8. The zero-order valence-electron chi connectivity index (χ0n) is 10.5. The van der Waals surface area contributed by atoms with E-state index in [1.807, 2.05) is 0 Å². The molecule has 0 fully saturated rings. The number of primary amides is 1. The molecular weight excluding hydrogens is 256 g/mol. The lowest BCUT2D eigenvalue weighted by Crippen LogP contribution is -2.42. The van der Waals surface area contributed by atoms with Gasteiger partial charge in [0.15, 0.2) is 0 Å². The van der Waals surface area contributed by atoms with Crippen LogP contribution in [0.4, 0.5) is 0 Å². The van der Waals surface area contributed by atoms with Gasteiger partial charge in [0.05, 0.1) is 26.2 Å². The summed E-state index contributed by atoms with van der Waals surface area (Å²) in [5, 5.41) is 11.4. The van der Waals surface area contributed by atoms with E-state index in [0.717, 1.165) is 0 Å². The first kappa shape index (κ1) is 17.1. The number of rotatable bonds is 12. The first-order chi connectivity index (χ1) is 8.99. The maximum atomic E-state index is 10.8.